The molecule has 2 saturated carbocycles. The van der Waals surface area contributed by atoms with Crippen LogP contribution < -0.4 is 0 Å². The highest BCUT2D eigenvalue weighted by Gasteiger charge is 2.54. The normalized spacial score (nSPS) is 36.4. The van der Waals surface area contributed by atoms with Gasteiger partial charge in [0.2, 0.25) is 5.91 Å². The lowest BCUT2D eigenvalue weighted by Gasteiger charge is -2.55. The Morgan fingerprint density at radius 3 is 2.39 bits per heavy atom. The van der Waals surface area contributed by atoms with Crippen LogP contribution >= 0.6 is 0 Å². The van der Waals surface area contributed by atoms with Crippen LogP contribution in [0, 0.1) is 24.2 Å². The molecule has 1 aromatic rings. The topological polar surface area (TPSA) is 23.6 Å². The lowest BCUT2D eigenvalue weighted by atomic mass is 9.50. The number of aryl methyl sites for hydroxylation is 1. The quantitative estimate of drug-likeness (QED) is 0.761. The molecule has 2 bridgehead atoms. The van der Waals surface area contributed by atoms with E-state index in [1.54, 1.807) is 0 Å². The number of hydrogen-bond acceptors (Lipinski definition) is 2. The van der Waals surface area contributed by atoms with Gasteiger partial charge in [-0.05, 0) is 68.4 Å². The number of piperazine rings is 1. The van der Waals surface area contributed by atoms with Gasteiger partial charge >= 0.3 is 0 Å². The highest BCUT2D eigenvalue weighted by Crippen LogP contribution is 2.58. The Kier molecular flexibility index (Phi) is 5.33. The fourth-order valence-corrected chi connectivity index (χ4v) is 6.85. The summed E-state index contributed by atoms with van der Waals surface area (Å²) in [5, 5.41) is 0. The number of nitrogens with zero attached hydrogens (tertiary/aromatic N) is 2. The molecule has 1 amide bonds. The minimum Gasteiger partial charge on any atom is -0.340 e. The van der Waals surface area contributed by atoms with Crippen molar-refractivity contribution in [2.75, 3.05) is 32.7 Å². The molecule has 0 spiro atoms. The maximum Gasteiger partial charge on any atom is 0.228 e. The molecule has 0 radical (unpaired) electrons. The number of rotatable bonds is 3. The van der Waals surface area contributed by atoms with Gasteiger partial charge in [0.15, 0.2) is 0 Å². The Morgan fingerprint density at radius 1 is 1.07 bits per heavy atom. The summed E-state index contributed by atoms with van der Waals surface area (Å²) in [6.07, 6.45) is 5.90. The molecule has 3 nitrogen and oxygen atoms in total. The molecular weight excluding hydrogens is 344 g/mol. The summed E-state index contributed by atoms with van der Waals surface area (Å²) >= 11 is 0. The second-order valence-electron chi connectivity index (χ2n) is 10.4. The van der Waals surface area contributed by atoms with Crippen molar-refractivity contribution >= 4 is 5.91 Å². The van der Waals surface area contributed by atoms with E-state index in [0.717, 1.165) is 51.5 Å². The number of hydrogen-bond donors (Lipinski definition) is 0. The second kappa shape index (κ2) is 7.48. The summed E-state index contributed by atoms with van der Waals surface area (Å²) in [7, 11) is 0. The molecule has 0 aromatic heterocycles. The molecule has 4 unspecified atom stereocenters. The van der Waals surface area contributed by atoms with Gasteiger partial charge in [-0.2, -0.15) is 0 Å². The molecular formula is C25H38N2O. The summed E-state index contributed by atoms with van der Waals surface area (Å²) in [6.45, 7) is 14.0. The van der Waals surface area contributed by atoms with Gasteiger partial charge in [0.25, 0.3) is 0 Å². The Morgan fingerprint density at radius 2 is 1.75 bits per heavy atom. The predicted octanol–water partition coefficient (Wildman–Crippen LogP) is 4.63. The van der Waals surface area contributed by atoms with Crippen LogP contribution in [0.3, 0.4) is 0 Å². The van der Waals surface area contributed by atoms with Gasteiger partial charge < -0.3 is 9.80 Å². The van der Waals surface area contributed by atoms with Crippen LogP contribution in [-0.2, 0) is 10.2 Å². The number of benzene rings is 1. The molecule has 1 heterocycles. The van der Waals surface area contributed by atoms with Gasteiger partial charge in [-0.1, -0.05) is 50.6 Å². The zero-order chi connectivity index (χ0) is 19.9. The van der Waals surface area contributed by atoms with E-state index in [1.807, 2.05) is 0 Å². The van der Waals surface area contributed by atoms with E-state index in [0.29, 0.717) is 11.8 Å². The summed E-state index contributed by atoms with van der Waals surface area (Å²) in [6, 6.07) is 9.22. The van der Waals surface area contributed by atoms with Gasteiger partial charge in [0.05, 0.1) is 0 Å². The van der Waals surface area contributed by atoms with E-state index in [-0.39, 0.29) is 10.8 Å². The molecule has 3 heteroatoms. The predicted molar refractivity (Wildman–Crippen MR) is 115 cm³/mol. The van der Waals surface area contributed by atoms with Crippen molar-refractivity contribution < 1.29 is 4.79 Å². The molecule has 154 valence electrons. The van der Waals surface area contributed by atoms with Crippen LogP contribution in [0.4, 0.5) is 0 Å². The number of likely N-dealkylation sites (N-methyl/N-ethyl adjacent to an activating group) is 1. The molecule has 3 fully saturated rings. The summed E-state index contributed by atoms with van der Waals surface area (Å²) in [5.74, 6) is 1.87. The third kappa shape index (κ3) is 3.63. The van der Waals surface area contributed by atoms with Crippen molar-refractivity contribution in [2.24, 2.45) is 17.3 Å². The van der Waals surface area contributed by atoms with Crippen molar-refractivity contribution in [1.29, 1.82) is 0 Å². The molecule has 1 saturated heterocycles. The zero-order valence-electron chi connectivity index (χ0n) is 18.3. The van der Waals surface area contributed by atoms with Crippen LogP contribution in [0.2, 0.25) is 0 Å². The maximum atomic E-state index is 13.7. The van der Waals surface area contributed by atoms with Crippen LogP contribution in [0.5, 0.6) is 0 Å². The molecule has 28 heavy (non-hydrogen) atoms. The van der Waals surface area contributed by atoms with Crippen LogP contribution in [-0.4, -0.2) is 48.4 Å². The highest BCUT2D eigenvalue weighted by atomic mass is 16.2. The van der Waals surface area contributed by atoms with Gasteiger partial charge in [-0.3, -0.25) is 4.79 Å². The van der Waals surface area contributed by atoms with Crippen LogP contribution in [0.25, 0.3) is 0 Å². The third-order valence-corrected chi connectivity index (χ3v) is 7.91. The smallest absolute Gasteiger partial charge is 0.228 e. The van der Waals surface area contributed by atoms with Crippen molar-refractivity contribution in [2.45, 2.75) is 65.2 Å². The number of carbonyl (C=O) groups excluding carboxylic acids is 1. The summed E-state index contributed by atoms with van der Waals surface area (Å²) < 4.78 is 0. The fourth-order valence-electron chi connectivity index (χ4n) is 6.85. The molecule has 4 atom stereocenters. The van der Waals surface area contributed by atoms with E-state index in [2.05, 4.69) is 61.8 Å². The van der Waals surface area contributed by atoms with Crippen molar-refractivity contribution in [3.63, 3.8) is 0 Å². The minimum absolute atomic E-state index is 0.184. The van der Waals surface area contributed by atoms with E-state index in [1.165, 1.54) is 30.4 Å². The van der Waals surface area contributed by atoms with Gasteiger partial charge in [0.1, 0.15) is 0 Å². The first kappa shape index (κ1) is 19.9. The van der Waals surface area contributed by atoms with Crippen molar-refractivity contribution in [1.82, 2.24) is 9.80 Å². The average molecular weight is 383 g/mol. The second-order valence-corrected chi connectivity index (χ2v) is 10.4. The van der Waals surface area contributed by atoms with E-state index >= 15 is 0 Å². The molecule has 1 aromatic carbocycles. The first-order valence-electron chi connectivity index (χ1n) is 11.4. The average Bonchev–Trinajstić information content (AvgIpc) is 2.66. The monoisotopic (exact) mass is 382 g/mol. The molecule has 2 aliphatic carbocycles. The summed E-state index contributed by atoms with van der Waals surface area (Å²) in [5.41, 5.74) is 2.78. The Labute approximate surface area is 171 Å². The molecule has 3 aliphatic rings. The number of fused-ring (bicyclic) bond motifs is 2. The van der Waals surface area contributed by atoms with Crippen molar-refractivity contribution in [3.8, 4) is 0 Å². The summed E-state index contributed by atoms with van der Waals surface area (Å²) in [4.78, 5) is 18.4. The molecule has 4 rings (SSSR count). The minimum atomic E-state index is -0.206. The lowest BCUT2D eigenvalue weighted by Crippen LogP contribution is -2.56. The Balaban J connectivity index is 1.60. The van der Waals surface area contributed by atoms with Crippen LogP contribution in [0.15, 0.2) is 24.3 Å². The van der Waals surface area contributed by atoms with E-state index in [4.69, 9.17) is 0 Å². The van der Waals surface area contributed by atoms with Gasteiger partial charge in [-0.15, -0.1) is 0 Å². The van der Waals surface area contributed by atoms with Gasteiger partial charge in [0, 0.05) is 31.6 Å². The van der Waals surface area contributed by atoms with E-state index < -0.39 is 0 Å². The lowest BCUT2D eigenvalue weighted by molar-refractivity contribution is -0.149. The number of amides is 1. The standard InChI is InChI=1S/C25H38N2O/c1-5-26-10-12-27(13-11-26)23(28)24(4)16-21-14-20(3)15-25(17-21,18-24)22-8-6-19(2)7-9-22/h6-9,20-21H,5,10-18H2,1-4H3. The Hall–Kier alpha value is -1.35. The van der Waals surface area contributed by atoms with E-state index in [9.17, 15) is 4.79 Å². The largest absolute Gasteiger partial charge is 0.340 e. The van der Waals surface area contributed by atoms with Crippen molar-refractivity contribution in [3.05, 3.63) is 35.4 Å². The third-order valence-electron chi connectivity index (χ3n) is 7.91. The highest BCUT2D eigenvalue weighted by molar-refractivity contribution is 5.83. The first-order chi connectivity index (χ1) is 13.3. The SMILES string of the molecule is CCN1CCN(C(=O)C2(C)CC3CC(C)CC(c4ccc(C)cc4)(C3)C2)CC1. The Bertz CT molecular complexity index is 702. The maximum absolute atomic E-state index is 13.7. The molecule has 0 N–H and O–H groups in total. The van der Waals surface area contributed by atoms with Gasteiger partial charge in [-0.25, -0.2) is 0 Å². The number of carbonyl (C=O) groups is 1. The first-order valence-corrected chi connectivity index (χ1v) is 11.4. The fraction of sp³-hybridized carbons (Fsp3) is 0.720. The van der Waals surface area contributed by atoms with Crippen LogP contribution in [0.1, 0.15) is 64.0 Å². The molecule has 1 aliphatic heterocycles. The zero-order valence-corrected chi connectivity index (χ0v) is 18.3.